The smallest absolute Gasteiger partial charge is 0.362 e. The number of aliphatic hydroxyl groups excluding tert-OH is 1. The van der Waals surface area contributed by atoms with E-state index in [9.17, 15) is 14.5 Å². The van der Waals surface area contributed by atoms with Gasteiger partial charge in [0.1, 0.15) is 0 Å². The Balaban J connectivity index is 1.76. The van der Waals surface area contributed by atoms with Crippen LogP contribution in [0.15, 0.2) is 66.8 Å². The number of nitrogens with two attached hydrogens (primary N) is 1. The third-order valence-electron chi connectivity index (χ3n) is 5.01. The molecule has 7 nitrogen and oxygen atoms in total. The number of nitrogen functional groups attached to an aromatic ring is 1. The zero-order valence-corrected chi connectivity index (χ0v) is 17.7. The fourth-order valence-electron chi connectivity index (χ4n) is 3.20. The quantitative estimate of drug-likeness (QED) is 0.439. The second-order valence-corrected chi connectivity index (χ2v) is 9.16. The molecule has 3 rings (SSSR count). The highest BCUT2D eigenvalue weighted by atomic mass is 31.2. The number of allylic oxidation sites excluding steroid dienone is 4. The van der Waals surface area contributed by atoms with Crippen LogP contribution in [0.2, 0.25) is 0 Å². The first-order chi connectivity index (χ1) is 14.4. The average molecular weight is 428 g/mol. The molecule has 0 saturated heterocycles. The van der Waals surface area contributed by atoms with Crippen LogP contribution in [0.4, 0.5) is 11.4 Å². The van der Waals surface area contributed by atoms with E-state index in [0.717, 1.165) is 12.0 Å². The molecular weight excluding hydrogens is 403 g/mol. The molecule has 4 N–H and O–H groups in total. The number of carbonyl (C=O) groups excluding carboxylic acids is 1. The predicted octanol–water partition coefficient (Wildman–Crippen LogP) is 4.60. The van der Waals surface area contributed by atoms with Crippen molar-refractivity contribution in [3.05, 3.63) is 83.5 Å². The van der Waals surface area contributed by atoms with Gasteiger partial charge in [-0.25, -0.2) is 0 Å². The van der Waals surface area contributed by atoms with Gasteiger partial charge in [0, 0.05) is 25.7 Å². The Kier molecular flexibility index (Phi) is 6.90. The summed E-state index contributed by atoms with van der Waals surface area (Å²) in [4.78, 5) is 12.7. The van der Waals surface area contributed by atoms with E-state index in [-0.39, 0.29) is 11.8 Å². The molecule has 1 aliphatic rings. The van der Waals surface area contributed by atoms with Crippen LogP contribution in [-0.2, 0) is 13.6 Å². The van der Waals surface area contributed by atoms with Gasteiger partial charge in [-0.15, -0.1) is 0 Å². The first-order valence-corrected chi connectivity index (χ1v) is 11.0. The summed E-state index contributed by atoms with van der Waals surface area (Å²) in [6.07, 6.45) is 9.12. The molecule has 0 fully saturated rings. The molecule has 158 valence electrons. The topological polar surface area (TPSA) is 111 Å². The van der Waals surface area contributed by atoms with E-state index < -0.39 is 13.4 Å². The lowest BCUT2D eigenvalue weighted by molar-refractivity contribution is 0.102. The van der Waals surface area contributed by atoms with Crippen molar-refractivity contribution >= 4 is 24.9 Å². The molecule has 2 atom stereocenters. The Morgan fingerprint density at radius 1 is 1.17 bits per heavy atom. The minimum atomic E-state index is -3.69. The Morgan fingerprint density at radius 2 is 1.87 bits per heavy atom. The lowest BCUT2D eigenvalue weighted by atomic mass is 9.92. The van der Waals surface area contributed by atoms with Crippen molar-refractivity contribution < 1.29 is 23.5 Å². The van der Waals surface area contributed by atoms with Gasteiger partial charge >= 0.3 is 7.60 Å². The Bertz CT molecular complexity index is 1010. The summed E-state index contributed by atoms with van der Waals surface area (Å²) < 4.78 is 21.9. The molecule has 0 heterocycles. The zero-order chi connectivity index (χ0) is 21.7. The van der Waals surface area contributed by atoms with Gasteiger partial charge in [0.15, 0.2) is 5.85 Å². The lowest BCUT2D eigenvalue weighted by Crippen LogP contribution is -2.14. The third-order valence-corrected chi connectivity index (χ3v) is 6.93. The maximum atomic E-state index is 12.7. The van der Waals surface area contributed by atoms with Crippen LogP contribution in [0, 0.1) is 0 Å². The summed E-state index contributed by atoms with van der Waals surface area (Å²) in [6, 6.07) is 11.7. The van der Waals surface area contributed by atoms with E-state index in [1.165, 1.54) is 38.5 Å². The molecular formula is C22H25N2O5P. The molecule has 0 bridgehead atoms. The zero-order valence-electron chi connectivity index (χ0n) is 16.8. The molecule has 2 aromatic rings. The molecule has 0 saturated carbocycles. The van der Waals surface area contributed by atoms with Gasteiger partial charge in [0.25, 0.3) is 5.91 Å². The molecule has 0 aliphatic heterocycles. The van der Waals surface area contributed by atoms with Gasteiger partial charge in [0.2, 0.25) is 0 Å². The molecule has 1 amide bonds. The van der Waals surface area contributed by atoms with Crippen molar-refractivity contribution in [3.8, 4) is 0 Å². The van der Waals surface area contributed by atoms with Gasteiger partial charge in [-0.1, -0.05) is 42.5 Å². The Hall–Kier alpha value is -2.70. The molecule has 2 unspecified atom stereocenters. The van der Waals surface area contributed by atoms with Gasteiger partial charge in [-0.05, 0) is 41.8 Å². The number of nitrogens with one attached hydrogen (secondary N) is 1. The van der Waals surface area contributed by atoms with E-state index in [0.29, 0.717) is 22.5 Å². The van der Waals surface area contributed by atoms with Crippen molar-refractivity contribution in [1.29, 1.82) is 0 Å². The summed E-state index contributed by atoms with van der Waals surface area (Å²) in [5, 5.41) is 13.1. The van der Waals surface area contributed by atoms with E-state index in [1.54, 1.807) is 6.07 Å². The molecule has 0 radical (unpaired) electrons. The van der Waals surface area contributed by atoms with Crippen LogP contribution in [0.5, 0.6) is 0 Å². The summed E-state index contributed by atoms with van der Waals surface area (Å²) in [7, 11) is -1.28. The van der Waals surface area contributed by atoms with Gasteiger partial charge < -0.3 is 25.2 Å². The number of hydrogen-bond donors (Lipinski definition) is 3. The number of carbonyl (C=O) groups is 1. The predicted molar refractivity (Wildman–Crippen MR) is 117 cm³/mol. The number of amides is 1. The molecule has 0 aromatic heterocycles. The third kappa shape index (κ3) is 4.71. The van der Waals surface area contributed by atoms with Crippen LogP contribution < -0.4 is 11.1 Å². The fraction of sp³-hybridized carbons (Fsp3) is 0.227. The fourth-order valence-corrected chi connectivity index (χ4v) is 4.28. The van der Waals surface area contributed by atoms with Gasteiger partial charge in [-0.3, -0.25) is 9.36 Å². The summed E-state index contributed by atoms with van der Waals surface area (Å²) >= 11 is 0. The molecule has 30 heavy (non-hydrogen) atoms. The molecule has 0 spiro atoms. The van der Waals surface area contributed by atoms with Gasteiger partial charge in [0.05, 0.1) is 11.4 Å². The lowest BCUT2D eigenvalue weighted by Gasteiger charge is -2.20. The van der Waals surface area contributed by atoms with E-state index in [1.807, 2.05) is 24.3 Å². The average Bonchev–Trinajstić information content (AvgIpc) is 2.80. The highest BCUT2D eigenvalue weighted by molar-refractivity contribution is 7.54. The van der Waals surface area contributed by atoms with E-state index >= 15 is 0 Å². The number of aliphatic hydroxyl groups is 1. The Labute approximate surface area is 175 Å². The SMILES string of the molecule is COP(=O)(OC)C(O)c1ccc(C(=O)Nc2cc(C3C=CC=CC3)ccc2N)cc1. The van der Waals surface area contributed by atoms with Crippen LogP contribution in [0.25, 0.3) is 0 Å². The highest BCUT2D eigenvalue weighted by Gasteiger charge is 2.33. The van der Waals surface area contributed by atoms with Crippen molar-refractivity contribution in [2.24, 2.45) is 0 Å². The van der Waals surface area contributed by atoms with E-state index in [4.69, 9.17) is 14.8 Å². The monoisotopic (exact) mass is 428 g/mol. The van der Waals surface area contributed by atoms with Crippen molar-refractivity contribution in [3.63, 3.8) is 0 Å². The first-order valence-electron chi connectivity index (χ1n) is 9.41. The summed E-state index contributed by atoms with van der Waals surface area (Å²) in [6.45, 7) is 0. The van der Waals surface area contributed by atoms with Crippen LogP contribution in [0.1, 0.15) is 39.7 Å². The second kappa shape index (κ2) is 9.41. The first kappa shape index (κ1) is 22.0. The largest absolute Gasteiger partial charge is 0.397 e. The summed E-state index contributed by atoms with van der Waals surface area (Å²) in [5.41, 5.74) is 8.79. The van der Waals surface area contributed by atoms with Crippen molar-refractivity contribution in [2.45, 2.75) is 18.2 Å². The minimum absolute atomic E-state index is 0.240. The van der Waals surface area contributed by atoms with Crippen molar-refractivity contribution in [2.75, 3.05) is 25.3 Å². The number of anilines is 2. The van der Waals surface area contributed by atoms with Crippen molar-refractivity contribution in [1.82, 2.24) is 0 Å². The van der Waals surface area contributed by atoms with Crippen LogP contribution in [-0.4, -0.2) is 25.2 Å². The molecule has 8 heteroatoms. The maximum Gasteiger partial charge on any atom is 0.362 e. The number of benzene rings is 2. The molecule has 1 aliphatic carbocycles. The number of hydrogen-bond acceptors (Lipinski definition) is 6. The Morgan fingerprint density at radius 3 is 2.47 bits per heavy atom. The van der Waals surface area contributed by atoms with Crippen LogP contribution >= 0.6 is 7.60 Å². The molecule has 2 aromatic carbocycles. The normalized spacial score (nSPS) is 17.0. The number of rotatable bonds is 7. The minimum Gasteiger partial charge on any atom is -0.397 e. The maximum absolute atomic E-state index is 12.7. The highest BCUT2D eigenvalue weighted by Crippen LogP contribution is 2.58. The summed E-state index contributed by atoms with van der Waals surface area (Å²) in [5.74, 6) is -1.56. The van der Waals surface area contributed by atoms with E-state index in [2.05, 4.69) is 17.5 Å². The van der Waals surface area contributed by atoms with Crippen LogP contribution in [0.3, 0.4) is 0 Å². The van der Waals surface area contributed by atoms with Gasteiger partial charge in [-0.2, -0.15) is 0 Å². The standard InChI is InChI=1S/C22H25N2O5P/c1-28-30(27,29-2)22(26)17-10-8-16(9-11-17)21(25)24-20-14-18(12-13-19(20)23)15-6-4-3-5-7-15/h3-6,8-15,22,26H,7,23H2,1-2H3,(H,24,25). The second-order valence-electron chi connectivity index (χ2n) is 6.86.